The van der Waals surface area contributed by atoms with E-state index in [4.69, 9.17) is 5.11 Å². The number of carboxylic acids is 1. The molecule has 0 aliphatic carbocycles. The van der Waals surface area contributed by atoms with Crippen molar-refractivity contribution in [2.45, 2.75) is 12.8 Å². The van der Waals surface area contributed by atoms with Gasteiger partial charge in [0.2, 0.25) is 5.91 Å². The number of hydrogen-bond acceptors (Lipinski definition) is 3. The van der Waals surface area contributed by atoms with Gasteiger partial charge in [-0.2, -0.15) is 0 Å². The molecule has 0 aliphatic heterocycles. The first-order chi connectivity index (χ1) is 12.4. The van der Waals surface area contributed by atoms with E-state index in [0.29, 0.717) is 12.1 Å². The second kappa shape index (κ2) is 7.18. The van der Waals surface area contributed by atoms with E-state index in [0.717, 1.165) is 17.0 Å². The molecule has 0 atom stereocenters. The summed E-state index contributed by atoms with van der Waals surface area (Å²) in [6, 6.07) is 10.7. The van der Waals surface area contributed by atoms with Crippen molar-refractivity contribution in [2.75, 3.05) is 5.32 Å². The van der Waals surface area contributed by atoms with Gasteiger partial charge in [-0.25, -0.2) is 4.79 Å². The molecule has 2 aromatic heterocycles. The molecule has 0 unspecified atom stereocenters. The monoisotopic (exact) mass is 353 g/mol. The van der Waals surface area contributed by atoms with Crippen LogP contribution in [0, 0.1) is 0 Å². The maximum atomic E-state index is 12.1. The third kappa shape index (κ3) is 3.94. The van der Waals surface area contributed by atoms with Crippen LogP contribution in [-0.2, 0) is 18.3 Å². The average molecular weight is 353 g/mol. The molecule has 3 aromatic rings. The minimum atomic E-state index is -1.08. The second-order valence-electron chi connectivity index (χ2n) is 6.05. The largest absolute Gasteiger partial charge is 0.508 e. The smallest absolute Gasteiger partial charge is 0.339 e. The van der Waals surface area contributed by atoms with Gasteiger partial charge in [0.25, 0.3) is 0 Å². The molecule has 0 radical (unpaired) electrons. The highest BCUT2D eigenvalue weighted by molar-refractivity contribution is 6.00. The zero-order chi connectivity index (χ0) is 18.7. The number of carbonyl (C=O) groups is 2. The quantitative estimate of drug-likeness (QED) is 0.546. The van der Waals surface area contributed by atoms with Crippen molar-refractivity contribution in [2.24, 2.45) is 7.05 Å². The van der Waals surface area contributed by atoms with Crippen LogP contribution in [0.5, 0.6) is 5.75 Å². The number of aryl methyl sites for hydroxylation is 2. The van der Waals surface area contributed by atoms with Crippen molar-refractivity contribution in [1.82, 2.24) is 9.55 Å². The summed E-state index contributed by atoms with van der Waals surface area (Å²) in [6.07, 6.45) is 3.74. The standard InChI is InChI=1S/C19H19N3O4/c1-22-10-15(19(25)26)17(11-22)21-18(24)9-5-13-4-8-16(20-13)12-2-6-14(23)7-3-12/h2-4,6-8,10-11,20,23H,5,9H2,1H3,(H,21,24)(H,25,26). The van der Waals surface area contributed by atoms with Gasteiger partial charge >= 0.3 is 5.97 Å². The van der Waals surface area contributed by atoms with Gasteiger partial charge in [-0.3, -0.25) is 4.79 Å². The molecule has 0 aliphatic rings. The average Bonchev–Trinajstić information content (AvgIpc) is 3.20. The fourth-order valence-corrected chi connectivity index (χ4v) is 2.71. The van der Waals surface area contributed by atoms with Crippen LogP contribution in [0.1, 0.15) is 22.5 Å². The Labute approximate surface area is 149 Å². The highest BCUT2D eigenvalue weighted by atomic mass is 16.4. The molecular weight excluding hydrogens is 334 g/mol. The van der Waals surface area contributed by atoms with Crippen LogP contribution in [0.3, 0.4) is 0 Å². The van der Waals surface area contributed by atoms with Crippen molar-refractivity contribution in [1.29, 1.82) is 0 Å². The van der Waals surface area contributed by atoms with E-state index < -0.39 is 5.97 Å². The van der Waals surface area contributed by atoms with Crippen molar-refractivity contribution < 1.29 is 19.8 Å². The number of rotatable bonds is 6. The van der Waals surface area contributed by atoms with Crippen molar-refractivity contribution in [3.05, 3.63) is 60.0 Å². The molecule has 1 aromatic carbocycles. The summed E-state index contributed by atoms with van der Waals surface area (Å²) in [4.78, 5) is 26.5. The molecule has 1 amide bonds. The summed E-state index contributed by atoms with van der Waals surface area (Å²) in [7, 11) is 1.70. The number of aromatic carboxylic acids is 1. The lowest BCUT2D eigenvalue weighted by atomic mass is 10.1. The summed E-state index contributed by atoms with van der Waals surface area (Å²) in [5.74, 6) is -1.12. The molecule has 4 N–H and O–H groups in total. The van der Waals surface area contributed by atoms with Gasteiger partial charge in [-0.1, -0.05) is 0 Å². The van der Waals surface area contributed by atoms with Gasteiger partial charge in [0.05, 0.1) is 5.69 Å². The number of aromatic amines is 1. The highest BCUT2D eigenvalue weighted by Crippen LogP contribution is 2.22. The van der Waals surface area contributed by atoms with Crippen LogP contribution in [0.2, 0.25) is 0 Å². The summed E-state index contributed by atoms with van der Waals surface area (Å²) < 4.78 is 1.59. The SMILES string of the molecule is Cn1cc(NC(=O)CCc2ccc(-c3ccc(O)cc3)[nH]2)c(C(=O)O)c1. The van der Waals surface area contributed by atoms with Gasteiger partial charge in [-0.05, 0) is 48.4 Å². The van der Waals surface area contributed by atoms with Crippen molar-refractivity contribution in [3.8, 4) is 17.0 Å². The number of anilines is 1. The fraction of sp³-hybridized carbons (Fsp3) is 0.158. The lowest BCUT2D eigenvalue weighted by molar-refractivity contribution is -0.116. The van der Waals surface area contributed by atoms with E-state index in [1.54, 1.807) is 42.1 Å². The Morgan fingerprint density at radius 2 is 1.85 bits per heavy atom. The summed E-state index contributed by atoms with van der Waals surface area (Å²) in [5, 5.41) is 21.1. The first kappa shape index (κ1) is 17.3. The first-order valence-corrected chi connectivity index (χ1v) is 8.09. The molecule has 7 heteroatoms. The first-order valence-electron chi connectivity index (χ1n) is 8.09. The van der Waals surface area contributed by atoms with E-state index in [2.05, 4.69) is 10.3 Å². The number of nitrogens with one attached hydrogen (secondary N) is 2. The fourth-order valence-electron chi connectivity index (χ4n) is 2.71. The third-order valence-corrected chi connectivity index (χ3v) is 4.01. The topological polar surface area (TPSA) is 107 Å². The number of phenols is 1. The maximum absolute atomic E-state index is 12.1. The zero-order valence-corrected chi connectivity index (χ0v) is 14.2. The van der Waals surface area contributed by atoms with Crippen molar-refractivity contribution in [3.63, 3.8) is 0 Å². The highest BCUT2D eigenvalue weighted by Gasteiger charge is 2.15. The maximum Gasteiger partial charge on any atom is 0.339 e. The number of carbonyl (C=O) groups excluding carboxylic acids is 1. The normalized spacial score (nSPS) is 10.7. The molecule has 3 rings (SSSR count). The van der Waals surface area contributed by atoms with Gasteiger partial charge in [0, 0.05) is 37.3 Å². The van der Waals surface area contributed by atoms with Crippen LogP contribution >= 0.6 is 0 Å². The van der Waals surface area contributed by atoms with Crippen molar-refractivity contribution >= 4 is 17.6 Å². The lowest BCUT2D eigenvalue weighted by Gasteiger charge is -2.04. The van der Waals surface area contributed by atoms with Crippen LogP contribution in [0.25, 0.3) is 11.3 Å². The molecule has 0 fully saturated rings. The Balaban J connectivity index is 1.60. The number of H-pyrrole nitrogens is 1. The molecule has 26 heavy (non-hydrogen) atoms. The number of amides is 1. The Morgan fingerprint density at radius 3 is 2.54 bits per heavy atom. The zero-order valence-electron chi connectivity index (χ0n) is 14.2. The number of nitrogens with zero attached hydrogens (tertiary/aromatic N) is 1. The molecule has 0 spiro atoms. The predicted octanol–water partition coefficient (Wildman–Crippen LogP) is 3.00. The van der Waals surface area contributed by atoms with E-state index in [1.807, 2.05) is 12.1 Å². The van der Waals surface area contributed by atoms with Crippen LogP contribution in [0.4, 0.5) is 5.69 Å². The summed E-state index contributed by atoms with van der Waals surface area (Å²) >= 11 is 0. The molecule has 134 valence electrons. The van der Waals surface area contributed by atoms with Gasteiger partial charge in [-0.15, -0.1) is 0 Å². The molecular formula is C19H19N3O4. The Hall–Kier alpha value is -3.48. The van der Waals surface area contributed by atoms with Crippen LogP contribution in [0.15, 0.2) is 48.8 Å². The molecule has 0 saturated heterocycles. The van der Waals surface area contributed by atoms with Gasteiger partial charge in [0.1, 0.15) is 11.3 Å². The molecule has 2 heterocycles. The number of carboxylic acid groups (broad SMARTS) is 1. The second-order valence-corrected chi connectivity index (χ2v) is 6.05. The van der Waals surface area contributed by atoms with Gasteiger partial charge < -0.3 is 25.1 Å². The molecule has 7 nitrogen and oxygen atoms in total. The van der Waals surface area contributed by atoms with E-state index in [-0.39, 0.29) is 23.6 Å². The number of aromatic nitrogens is 2. The number of phenolic OH excluding ortho intramolecular Hbond substituents is 1. The summed E-state index contributed by atoms with van der Waals surface area (Å²) in [6.45, 7) is 0. The van der Waals surface area contributed by atoms with E-state index >= 15 is 0 Å². The Morgan fingerprint density at radius 1 is 1.12 bits per heavy atom. The summed E-state index contributed by atoms with van der Waals surface area (Å²) in [5.41, 5.74) is 3.09. The minimum Gasteiger partial charge on any atom is -0.508 e. The molecule has 0 saturated carbocycles. The number of benzene rings is 1. The Kier molecular flexibility index (Phi) is 4.79. The van der Waals surface area contributed by atoms with E-state index in [1.165, 1.54) is 6.20 Å². The van der Waals surface area contributed by atoms with Gasteiger partial charge in [0.15, 0.2) is 0 Å². The van der Waals surface area contributed by atoms with E-state index in [9.17, 15) is 14.7 Å². The minimum absolute atomic E-state index is 0.0651. The van der Waals surface area contributed by atoms with Crippen LogP contribution in [-0.4, -0.2) is 31.6 Å². The van der Waals surface area contributed by atoms with Crippen LogP contribution < -0.4 is 5.32 Å². The number of hydrogen-bond donors (Lipinski definition) is 4. The third-order valence-electron chi connectivity index (χ3n) is 4.01. The number of aromatic hydroxyl groups is 1. The lowest BCUT2D eigenvalue weighted by Crippen LogP contribution is -2.14. The molecule has 0 bridgehead atoms. The Bertz CT molecular complexity index is 938. The predicted molar refractivity (Wildman–Crippen MR) is 97.2 cm³/mol.